The summed E-state index contributed by atoms with van der Waals surface area (Å²) in [5.41, 5.74) is 1.42. The highest BCUT2D eigenvalue weighted by Crippen LogP contribution is 2.37. The predicted octanol–water partition coefficient (Wildman–Crippen LogP) is 1.72. The molecule has 162 valence electrons. The van der Waals surface area contributed by atoms with Gasteiger partial charge in [-0.25, -0.2) is 0 Å². The molecule has 2 aromatic rings. The number of carbonyl (C=O) groups is 1. The number of fused-ring (bicyclic) bond motifs is 1. The molecule has 0 saturated carbocycles. The van der Waals surface area contributed by atoms with E-state index < -0.39 is 12.2 Å². The van der Waals surface area contributed by atoms with Crippen molar-refractivity contribution < 1.29 is 24.1 Å². The van der Waals surface area contributed by atoms with Gasteiger partial charge in [0.15, 0.2) is 11.5 Å². The van der Waals surface area contributed by atoms with Gasteiger partial charge in [-0.3, -0.25) is 9.69 Å². The van der Waals surface area contributed by atoms with Crippen LogP contribution < -0.4 is 19.1 Å². The summed E-state index contributed by atoms with van der Waals surface area (Å²) in [6, 6.07) is 14.8. The number of aliphatic hydroxyl groups excluding tert-OH is 1. The topological polar surface area (TPSA) is 95.3 Å². The lowest BCUT2D eigenvalue weighted by Gasteiger charge is -2.37. The number of β-amino-alcohol motifs (C(OH)–C–C–N with tert-alkyl or cyclic N) is 1. The highest BCUT2D eigenvalue weighted by molar-refractivity contribution is 6.06. The SMILES string of the molecule is COc1ccccc1N1CCN(CC(O)COc2cccc3c2OC(C#N)C3=O)CC1. The normalized spacial score (nSPS) is 19.3. The van der Waals surface area contributed by atoms with Crippen LogP contribution in [0.15, 0.2) is 42.5 Å². The zero-order chi connectivity index (χ0) is 21.8. The molecule has 8 nitrogen and oxygen atoms in total. The first-order chi connectivity index (χ1) is 15.1. The van der Waals surface area contributed by atoms with Gasteiger partial charge in [0.2, 0.25) is 11.9 Å². The van der Waals surface area contributed by atoms with E-state index in [-0.39, 0.29) is 18.1 Å². The molecule has 1 N–H and O–H groups in total. The van der Waals surface area contributed by atoms with Crippen LogP contribution >= 0.6 is 0 Å². The first-order valence-electron chi connectivity index (χ1n) is 10.3. The highest BCUT2D eigenvalue weighted by Gasteiger charge is 2.34. The number of anilines is 1. The number of Topliss-reactive ketones (excluding diaryl/α,β-unsaturated/α-hetero) is 1. The number of nitriles is 1. The van der Waals surface area contributed by atoms with Crippen molar-refractivity contribution in [3.8, 4) is 23.3 Å². The lowest BCUT2D eigenvalue weighted by Crippen LogP contribution is -2.49. The fourth-order valence-electron chi connectivity index (χ4n) is 3.94. The summed E-state index contributed by atoms with van der Waals surface area (Å²) >= 11 is 0. The van der Waals surface area contributed by atoms with Crippen molar-refractivity contribution in [2.45, 2.75) is 12.2 Å². The van der Waals surface area contributed by atoms with E-state index in [1.165, 1.54) is 0 Å². The number of methoxy groups -OCH3 is 1. The molecule has 2 aromatic carbocycles. The molecule has 1 saturated heterocycles. The Morgan fingerprint density at radius 2 is 1.90 bits per heavy atom. The Bertz CT molecular complexity index is 981. The Morgan fingerprint density at radius 3 is 2.65 bits per heavy atom. The number of hydrogen-bond donors (Lipinski definition) is 1. The molecule has 0 amide bonds. The van der Waals surface area contributed by atoms with Gasteiger partial charge in [-0.15, -0.1) is 0 Å². The van der Waals surface area contributed by atoms with Gasteiger partial charge in [-0.05, 0) is 24.3 Å². The van der Waals surface area contributed by atoms with Gasteiger partial charge in [-0.2, -0.15) is 5.26 Å². The number of carbonyl (C=O) groups excluding carboxylic acids is 1. The van der Waals surface area contributed by atoms with E-state index >= 15 is 0 Å². The number of rotatable bonds is 7. The van der Waals surface area contributed by atoms with Crippen molar-refractivity contribution in [3.05, 3.63) is 48.0 Å². The molecule has 0 spiro atoms. The van der Waals surface area contributed by atoms with Crippen LogP contribution in [0.4, 0.5) is 5.69 Å². The van der Waals surface area contributed by atoms with E-state index in [1.54, 1.807) is 25.3 Å². The van der Waals surface area contributed by atoms with Crippen molar-refractivity contribution >= 4 is 11.5 Å². The van der Waals surface area contributed by atoms with Gasteiger partial charge < -0.3 is 24.2 Å². The van der Waals surface area contributed by atoms with E-state index in [1.807, 2.05) is 24.3 Å². The number of benzene rings is 2. The van der Waals surface area contributed by atoms with E-state index in [2.05, 4.69) is 15.9 Å². The number of ketones is 1. The van der Waals surface area contributed by atoms with Gasteiger partial charge in [0.25, 0.3) is 0 Å². The minimum atomic E-state index is -1.13. The summed E-state index contributed by atoms with van der Waals surface area (Å²) in [4.78, 5) is 16.6. The lowest BCUT2D eigenvalue weighted by molar-refractivity contribution is 0.0648. The molecule has 2 unspecified atom stereocenters. The lowest BCUT2D eigenvalue weighted by atomic mass is 10.1. The van der Waals surface area contributed by atoms with Crippen LogP contribution in [0.1, 0.15) is 10.4 Å². The third-order valence-corrected chi connectivity index (χ3v) is 5.53. The number of hydrogen-bond acceptors (Lipinski definition) is 8. The smallest absolute Gasteiger partial charge is 0.246 e. The first kappa shape index (κ1) is 21.0. The molecule has 2 aliphatic heterocycles. The highest BCUT2D eigenvalue weighted by atomic mass is 16.5. The second-order valence-electron chi connectivity index (χ2n) is 7.55. The molecule has 8 heteroatoms. The van der Waals surface area contributed by atoms with Crippen molar-refractivity contribution in [2.24, 2.45) is 0 Å². The molecule has 31 heavy (non-hydrogen) atoms. The summed E-state index contributed by atoms with van der Waals surface area (Å²) in [5.74, 6) is 1.14. The molecule has 0 bridgehead atoms. The van der Waals surface area contributed by atoms with E-state index in [9.17, 15) is 9.90 Å². The Balaban J connectivity index is 1.28. The quantitative estimate of drug-likeness (QED) is 0.719. The van der Waals surface area contributed by atoms with Crippen LogP contribution in [0.3, 0.4) is 0 Å². The molecule has 4 rings (SSSR count). The van der Waals surface area contributed by atoms with Crippen LogP contribution in [0.25, 0.3) is 0 Å². The van der Waals surface area contributed by atoms with Crippen molar-refractivity contribution in [1.29, 1.82) is 5.26 Å². The van der Waals surface area contributed by atoms with Gasteiger partial charge in [0.1, 0.15) is 24.5 Å². The third-order valence-electron chi connectivity index (χ3n) is 5.53. The standard InChI is InChI=1S/C23H25N3O5/c1-29-19-7-3-2-6-18(19)26-11-9-25(10-12-26)14-16(27)15-30-20-8-4-5-17-22(28)21(13-24)31-23(17)20/h2-8,16,21,27H,9-12,14-15H2,1H3. The monoisotopic (exact) mass is 423 g/mol. The van der Waals surface area contributed by atoms with Crippen molar-refractivity contribution in [3.63, 3.8) is 0 Å². The van der Waals surface area contributed by atoms with E-state index in [0.717, 1.165) is 37.6 Å². The average molecular weight is 423 g/mol. The zero-order valence-electron chi connectivity index (χ0n) is 17.4. The summed E-state index contributed by atoms with van der Waals surface area (Å²) in [6.45, 7) is 3.86. The molecule has 0 aliphatic carbocycles. The predicted molar refractivity (Wildman–Crippen MR) is 114 cm³/mol. The maximum Gasteiger partial charge on any atom is 0.246 e. The number of ether oxygens (including phenoxy) is 3. The second-order valence-corrected chi connectivity index (χ2v) is 7.55. The molecule has 2 heterocycles. The molecular weight excluding hydrogens is 398 g/mol. The van der Waals surface area contributed by atoms with Crippen LogP contribution in [0.2, 0.25) is 0 Å². The molecule has 2 atom stereocenters. The number of piperazine rings is 1. The number of nitrogens with zero attached hydrogens (tertiary/aromatic N) is 3. The van der Waals surface area contributed by atoms with Gasteiger partial charge in [0.05, 0.1) is 18.4 Å². The number of aliphatic hydroxyl groups is 1. The van der Waals surface area contributed by atoms with E-state index in [0.29, 0.717) is 17.9 Å². The largest absolute Gasteiger partial charge is 0.495 e. The van der Waals surface area contributed by atoms with Gasteiger partial charge in [0, 0.05) is 32.7 Å². The van der Waals surface area contributed by atoms with Crippen molar-refractivity contribution in [2.75, 3.05) is 51.3 Å². The molecule has 0 radical (unpaired) electrons. The molecule has 0 aromatic heterocycles. The van der Waals surface area contributed by atoms with Crippen LogP contribution in [0, 0.1) is 11.3 Å². The third kappa shape index (κ3) is 4.43. The summed E-state index contributed by atoms with van der Waals surface area (Å²) in [7, 11) is 1.68. The average Bonchev–Trinajstić information content (AvgIpc) is 3.14. The van der Waals surface area contributed by atoms with Crippen molar-refractivity contribution in [1.82, 2.24) is 4.90 Å². The second kappa shape index (κ2) is 9.25. The van der Waals surface area contributed by atoms with Gasteiger partial charge in [-0.1, -0.05) is 18.2 Å². The summed E-state index contributed by atoms with van der Waals surface area (Å²) in [6.07, 6.45) is -1.83. The van der Waals surface area contributed by atoms with Crippen LogP contribution in [-0.2, 0) is 0 Å². The minimum absolute atomic E-state index is 0.0674. The minimum Gasteiger partial charge on any atom is -0.495 e. The molecular formula is C23H25N3O5. The maximum absolute atomic E-state index is 12.1. The van der Waals surface area contributed by atoms with Gasteiger partial charge >= 0.3 is 0 Å². The maximum atomic E-state index is 12.1. The number of para-hydroxylation sites is 3. The zero-order valence-corrected chi connectivity index (χ0v) is 17.4. The fourth-order valence-corrected chi connectivity index (χ4v) is 3.94. The Hall–Kier alpha value is -3.28. The molecule has 1 fully saturated rings. The fraction of sp³-hybridized carbons (Fsp3) is 0.391. The van der Waals surface area contributed by atoms with Crippen LogP contribution in [0.5, 0.6) is 17.2 Å². The van der Waals surface area contributed by atoms with Crippen LogP contribution in [-0.4, -0.2) is 74.4 Å². The molecule has 2 aliphatic rings. The first-order valence-corrected chi connectivity index (χ1v) is 10.3. The Labute approximate surface area is 181 Å². The van der Waals surface area contributed by atoms with E-state index in [4.69, 9.17) is 19.5 Å². The Morgan fingerprint density at radius 1 is 1.16 bits per heavy atom. The summed E-state index contributed by atoms with van der Waals surface area (Å²) in [5, 5.41) is 19.5. The summed E-state index contributed by atoms with van der Waals surface area (Å²) < 4.78 is 16.6. The Kier molecular flexibility index (Phi) is 6.26.